The lowest BCUT2D eigenvalue weighted by molar-refractivity contribution is -0.110. The van der Waals surface area contributed by atoms with Crippen molar-refractivity contribution in [3.8, 4) is 0 Å². The number of thiol groups is 1. The van der Waals surface area contributed by atoms with Crippen LogP contribution in [-0.4, -0.2) is 40.4 Å². The molecule has 2 nitrogen and oxygen atoms in total. The molecule has 0 saturated carbocycles. The van der Waals surface area contributed by atoms with Gasteiger partial charge in [0.2, 0.25) is 0 Å². The van der Waals surface area contributed by atoms with Gasteiger partial charge in [-0.3, -0.25) is 4.79 Å². The molecular weight excluding hydrogens is 290 g/mol. The highest BCUT2D eigenvalue weighted by Gasteiger charge is 2.49. The fourth-order valence-corrected chi connectivity index (χ4v) is 20.2. The average molecular weight is 320 g/mol. The van der Waals surface area contributed by atoms with Gasteiger partial charge in [-0.25, -0.2) is 0 Å². The number of hydrogen-bond donors (Lipinski definition) is 1. The second-order valence-electron chi connectivity index (χ2n) is 7.99. The van der Waals surface area contributed by atoms with Gasteiger partial charge in [0.05, 0.1) is 8.07 Å². The zero-order chi connectivity index (χ0) is 14.4. The summed E-state index contributed by atoms with van der Waals surface area (Å²) >= 11 is 4.17. The van der Waals surface area contributed by atoms with Crippen LogP contribution in [0.2, 0.25) is 63.5 Å². The lowest BCUT2D eigenvalue weighted by atomic mass is 10.5. The molecular formula is C12H29NOSSi3. The Morgan fingerprint density at radius 2 is 1.56 bits per heavy atom. The molecule has 0 aromatic heterocycles. The van der Waals surface area contributed by atoms with Crippen LogP contribution in [0.25, 0.3) is 0 Å². The van der Waals surface area contributed by atoms with Crippen LogP contribution in [0.3, 0.4) is 0 Å². The Kier molecular flexibility index (Phi) is 4.82. The fraction of sp³-hybridized carbons (Fsp3) is 0.917. The van der Waals surface area contributed by atoms with Crippen molar-refractivity contribution in [2.75, 3.05) is 6.54 Å². The van der Waals surface area contributed by atoms with Gasteiger partial charge in [-0.2, -0.15) is 0 Å². The number of nitrogens with zero attached hydrogens (tertiary/aromatic N) is 1. The lowest BCUT2D eigenvalue weighted by Crippen LogP contribution is -2.58. The molecule has 0 spiro atoms. The molecule has 1 atom stereocenters. The summed E-state index contributed by atoms with van der Waals surface area (Å²) in [6.07, 6.45) is 0. The Morgan fingerprint density at radius 1 is 1.17 bits per heavy atom. The van der Waals surface area contributed by atoms with Crippen molar-refractivity contribution >= 4 is 42.3 Å². The summed E-state index contributed by atoms with van der Waals surface area (Å²) in [5.41, 5.74) is 0.192. The van der Waals surface area contributed by atoms with Crippen molar-refractivity contribution < 1.29 is 4.79 Å². The van der Waals surface area contributed by atoms with E-state index < -0.39 is 24.5 Å². The van der Waals surface area contributed by atoms with Crippen LogP contribution in [-0.2, 0) is 4.79 Å². The van der Waals surface area contributed by atoms with Gasteiger partial charge in [0.25, 0.3) is 0 Å². The molecule has 0 bridgehead atoms. The van der Waals surface area contributed by atoms with Gasteiger partial charge in [0, 0.05) is 5.54 Å². The highest BCUT2D eigenvalue weighted by atomic mass is 32.1. The van der Waals surface area contributed by atoms with Crippen molar-refractivity contribution in [3.05, 3.63) is 0 Å². The van der Waals surface area contributed by atoms with Gasteiger partial charge in [0.15, 0.2) is 5.12 Å². The molecule has 0 aromatic rings. The van der Waals surface area contributed by atoms with Crippen LogP contribution >= 0.6 is 12.6 Å². The Hall–Kier alpha value is 0.631. The van der Waals surface area contributed by atoms with E-state index in [4.69, 9.17) is 0 Å². The van der Waals surface area contributed by atoms with Crippen molar-refractivity contribution in [2.24, 2.45) is 0 Å². The maximum absolute atomic E-state index is 11.9. The first kappa shape index (κ1) is 16.7. The van der Waals surface area contributed by atoms with Gasteiger partial charge >= 0.3 is 0 Å². The second-order valence-corrected chi connectivity index (χ2v) is 23.6. The van der Waals surface area contributed by atoms with E-state index in [-0.39, 0.29) is 10.7 Å². The summed E-state index contributed by atoms with van der Waals surface area (Å²) in [5, 5.41) is 0.121. The fourth-order valence-electron chi connectivity index (χ4n) is 3.10. The van der Waals surface area contributed by atoms with Crippen LogP contribution in [0.1, 0.15) is 0 Å². The van der Waals surface area contributed by atoms with E-state index >= 15 is 0 Å². The van der Waals surface area contributed by atoms with E-state index in [1.54, 1.807) is 0 Å². The molecule has 106 valence electrons. The average Bonchev–Trinajstić information content (AvgIpc) is 2.31. The summed E-state index contributed by atoms with van der Waals surface area (Å²) in [6.45, 7) is 17.8. The molecule has 1 unspecified atom stereocenters. The zero-order valence-corrected chi connectivity index (χ0v) is 16.9. The number of rotatable bonds is 4. The maximum Gasteiger partial charge on any atom is 0.187 e. The van der Waals surface area contributed by atoms with Gasteiger partial charge in [0.1, 0.15) is 16.5 Å². The lowest BCUT2D eigenvalue weighted by Gasteiger charge is -2.42. The molecule has 1 aliphatic heterocycles. The van der Waals surface area contributed by atoms with E-state index in [1.807, 2.05) is 0 Å². The van der Waals surface area contributed by atoms with E-state index in [0.29, 0.717) is 0 Å². The van der Waals surface area contributed by atoms with Gasteiger partial charge in [-0.05, 0) is 18.6 Å². The number of hydrogen-bond acceptors (Lipinski definition) is 2. The summed E-state index contributed by atoms with van der Waals surface area (Å²) in [4.78, 5) is 11.9. The highest BCUT2D eigenvalue weighted by molar-refractivity contribution is 7.97. The van der Waals surface area contributed by atoms with Crippen molar-refractivity contribution in [1.82, 2.24) is 4.23 Å². The van der Waals surface area contributed by atoms with Crippen LogP contribution in [0.15, 0.2) is 0 Å². The Bertz CT molecular complexity index is 323. The normalized spacial score (nSPS) is 25.1. The minimum absolute atomic E-state index is 0.121. The summed E-state index contributed by atoms with van der Waals surface area (Å²) < 4.78 is 2.82. The molecule has 1 fully saturated rings. The van der Waals surface area contributed by atoms with Gasteiger partial charge < -0.3 is 4.23 Å². The SMILES string of the molecule is C[Si](C)(C)C(CN1[Si](C)(C)CC[Si]1(C)C)C(=O)S. The third-order valence-electron chi connectivity index (χ3n) is 4.52. The summed E-state index contributed by atoms with van der Waals surface area (Å²) in [5.74, 6) is 0. The Balaban J connectivity index is 2.96. The molecule has 1 rings (SSSR count). The van der Waals surface area contributed by atoms with Crippen molar-refractivity contribution in [2.45, 2.75) is 63.5 Å². The van der Waals surface area contributed by atoms with E-state index in [2.05, 4.69) is 62.7 Å². The quantitative estimate of drug-likeness (QED) is 0.627. The molecule has 0 N–H and O–H groups in total. The minimum Gasteiger partial charge on any atom is -0.345 e. The molecule has 0 aromatic carbocycles. The van der Waals surface area contributed by atoms with E-state index in [9.17, 15) is 4.79 Å². The second kappa shape index (κ2) is 5.20. The van der Waals surface area contributed by atoms with E-state index in [0.717, 1.165) is 6.54 Å². The third-order valence-corrected chi connectivity index (χ3v) is 18.0. The Labute approximate surface area is 121 Å². The number of carbonyl (C=O) groups excluding carboxylic acids is 1. The molecule has 0 aliphatic carbocycles. The molecule has 18 heavy (non-hydrogen) atoms. The molecule has 1 saturated heterocycles. The van der Waals surface area contributed by atoms with Gasteiger partial charge in [-0.15, -0.1) is 12.6 Å². The maximum atomic E-state index is 11.9. The van der Waals surface area contributed by atoms with Gasteiger partial charge in [-0.1, -0.05) is 45.8 Å². The molecule has 6 heteroatoms. The first-order valence-electron chi connectivity index (χ1n) is 6.88. The van der Waals surface area contributed by atoms with Crippen molar-refractivity contribution in [1.29, 1.82) is 0 Å². The standard InChI is InChI=1S/C12H29NOSSi3/c1-16(2,3)11(12(14)15)10-13-17(4,5)8-9-18(13,6)7/h11H,8-10H2,1-7H3,(H,14,15). The smallest absolute Gasteiger partial charge is 0.187 e. The Morgan fingerprint density at radius 3 is 1.83 bits per heavy atom. The van der Waals surface area contributed by atoms with Crippen LogP contribution in [0.5, 0.6) is 0 Å². The third kappa shape index (κ3) is 3.59. The molecule has 1 aliphatic rings. The predicted octanol–water partition coefficient (Wildman–Crippen LogP) is 3.88. The topological polar surface area (TPSA) is 20.3 Å². The zero-order valence-electron chi connectivity index (χ0n) is 13.0. The summed E-state index contributed by atoms with van der Waals surface area (Å²) in [7, 11) is -3.99. The number of carbonyl (C=O) groups is 1. The van der Waals surface area contributed by atoms with Crippen LogP contribution in [0.4, 0.5) is 0 Å². The molecule has 0 amide bonds. The first-order valence-corrected chi connectivity index (χ1v) is 17.2. The summed E-state index contributed by atoms with van der Waals surface area (Å²) in [6, 6.07) is 2.82. The predicted molar refractivity (Wildman–Crippen MR) is 92.4 cm³/mol. The van der Waals surface area contributed by atoms with Crippen LogP contribution < -0.4 is 0 Å². The monoisotopic (exact) mass is 319 g/mol. The van der Waals surface area contributed by atoms with Crippen LogP contribution in [0, 0.1) is 0 Å². The molecule has 1 heterocycles. The highest BCUT2D eigenvalue weighted by Crippen LogP contribution is 2.39. The minimum atomic E-state index is -1.47. The molecule has 0 radical (unpaired) electrons. The van der Waals surface area contributed by atoms with Crippen molar-refractivity contribution in [3.63, 3.8) is 0 Å². The van der Waals surface area contributed by atoms with E-state index in [1.165, 1.54) is 12.1 Å². The first-order chi connectivity index (χ1) is 7.88. The largest absolute Gasteiger partial charge is 0.345 e.